The Bertz CT molecular complexity index is 813. The highest BCUT2D eigenvalue weighted by Gasteiger charge is 2.56. The van der Waals surface area contributed by atoms with Gasteiger partial charge in [0.15, 0.2) is 0 Å². The first kappa shape index (κ1) is 17.8. The van der Waals surface area contributed by atoms with Crippen LogP contribution in [0, 0.1) is 5.41 Å². The third-order valence-electron chi connectivity index (χ3n) is 5.97. The van der Waals surface area contributed by atoms with Crippen LogP contribution in [0.5, 0.6) is 0 Å². The molecule has 1 aliphatic heterocycles. The van der Waals surface area contributed by atoms with Gasteiger partial charge in [-0.2, -0.15) is 0 Å². The number of hydrogen-bond donors (Lipinski definition) is 3. The van der Waals surface area contributed by atoms with Gasteiger partial charge in [-0.15, -0.1) is 0 Å². The van der Waals surface area contributed by atoms with E-state index < -0.39 is 0 Å². The summed E-state index contributed by atoms with van der Waals surface area (Å²) in [5, 5.41) is 11.9. The van der Waals surface area contributed by atoms with Gasteiger partial charge in [-0.1, -0.05) is 11.6 Å². The van der Waals surface area contributed by atoms with Crippen LogP contribution in [0.2, 0.25) is 5.02 Å². The summed E-state index contributed by atoms with van der Waals surface area (Å²) in [6, 6.07) is 7.38. The first-order valence-electron chi connectivity index (χ1n) is 9.11. The highest BCUT2D eigenvalue weighted by molar-refractivity contribution is 6.31. The van der Waals surface area contributed by atoms with E-state index in [0.29, 0.717) is 43.4 Å². The Labute approximate surface area is 157 Å². The number of rotatable bonds is 4. The maximum atomic E-state index is 12.9. The highest BCUT2D eigenvalue weighted by Crippen LogP contribution is 2.51. The second-order valence-electron chi connectivity index (χ2n) is 7.34. The van der Waals surface area contributed by atoms with Gasteiger partial charge in [0, 0.05) is 47.4 Å². The summed E-state index contributed by atoms with van der Waals surface area (Å²) in [6.07, 6.45) is 1.87. The lowest BCUT2D eigenvalue weighted by Gasteiger charge is -2.56. The molecule has 1 saturated heterocycles. The number of H-pyrrole nitrogens is 1. The summed E-state index contributed by atoms with van der Waals surface area (Å²) in [5.41, 5.74) is 6.77. The molecule has 0 unspecified atom stereocenters. The SMILES string of the molecule is NCCO[C@H]1C[C@@H](O)C12CCN(C(=O)c1cc3cc(Cl)ccc3[nH]1)CC2. The molecule has 1 aliphatic carbocycles. The molecule has 2 heterocycles. The number of piperidine rings is 1. The predicted octanol–water partition coefficient (Wildman–Crippen LogP) is 2.15. The van der Waals surface area contributed by atoms with Crippen molar-refractivity contribution in [3.05, 3.63) is 35.0 Å². The van der Waals surface area contributed by atoms with Gasteiger partial charge in [-0.05, 0) is 37.1 Å². The summed E-state index contributed by atoms with van der Waals surface area (Å²) in [6.45, 7) is 2.24. The molecule has 1 spiro atoms. The molecule has 1 aromatic heterocycles. The molecule has 1 aromatic carbocycles. The number of fused-ring (bicyclic) bond motifs is 1. The van der Waals surface area contributed by atoms with Crippen LogP contribution in [0.25, 0.3) is 10.9 Å². The Morgan fingerprint density at radius 1 is 1.38 bits per heavy atom. The van der Waals surface area contributed by atoms with Crippen molar-refractivity contribution in [1.82, 2.24) is 9.88 Å². The molecule has 1 saturated carbocycles. The molecular weight excluding hydrogens is 354 g/mol. The molecule has 26 heavy (non-hydrogen) atoms. The van der Waals surface area contributed by atoms with Gasteiger partial charge < -0.3 is 25.5 Å². The molecule has 4 N–H and O–H groups in total. The van der Waals surface area contributed by atoms with Gasteiger partial charge in [-0.25, -0.2) is 0 Å². The Hall–Kier alpha value is -1.60. The second-order valence-corrected chi connectivity index (χ2v) is 7.78. The Morgan fingerprint density at radius 2 is 2.15 bits per heavy atom. The van der Waals surface area contributed by atoms with Crippen molar-refractivity contribution in [3.63, 3.8) is 0 Å². The summed E-state index contributed by atoms with van der Waals surface area (Å²) in [5.74, 6) is -0.0135. The maximum Gasteiger partial charge on any atom is 0.270 e. The molecule has 6 nitrogen and oxygen atoms in total. The van der Waals surface area contributed by atoms with Crippen LogP contribution in [0.15, 0.2) is 24.3 Å². The van der Waals surface area contributed by atoms with E-state index >= 15 is 0 Å². The molecule has 0 radical (unpaired) electrons. The fourth-order valence-corrected chi connectivity index (χ4v) is 4.52. The van der Waals surface area contributed by atoms with Crippen LogP contribution >= 0.6 is 11.6 Å². The standard InChI is InChI=1S/C19H24ClN3O3/c20-13-1-2-14-12(9-13)10-15(22-14)18(25)23-6-3-19(4-7-23)16(24)11-17(19)26-8-5-21/h1-2,9-10,16-17,22,24H,3-8,11,21H2/t16-,17+/m1/s1. The van der Waals surface area contributed by atoms with Gasteiger partial charge >= 0.3 is 0 Å². The van der Waals surface area contributed by atoms with Gasteiger partial charge in [0.25, 0.3) is 5.91 Å². The van der Waals surface area contributed by atoms with E-state index in [9.17, 15) is 9.90 Å². The summed E-state index contributed by atoms with van der Waals surface area (Å²) >= 11 is 6.02. The smallest absolute Gasteiger partial charge is 0.270 e. The highest BCUT2D eigenvalue weighted by atomic mass is 35.5. The fraction of sp³-hybridized carbons (Fsp3) is 0.526. The van der Waals surface area contributed by atoms with E-state index in [4.69, 9.17) is 22.1 Å². The lowest BCUT2D eigenvalue weighted by atomic mass is 9.58. The lowest BCUT2D eigenvalue weighted by Crippen LogP contribution is -2.63. The Morgan fingerprint density at radius 3 is 2.85 bits per heavy atom. The zero-order valence-corrected chi connectivity index (χ0v) is 15.3. The molecular formula is C19H24ClN3O3. The fourth-order valence-electron chi connectivity index (χ4n) is 4.34. The Kier molecular flexibility index (Phi) is 4.69. The Balaban J connectivity index is 1.44. The zero-order valence-electron chi connectivity index (χ0n) is 14.6. The number of halogens is 1. The van der Waals surface area contributed by atoms with Crippen molar-refractivity contribution >= 4 is 28.4 Å². The molecule has 2 fully saturated rings. The van der Waals surface area contributed by atoms with Gasteiger partial charge in [0.05, 0.1) is 18.8 Å². The van der Waals surface area contributed by atoms with Crippen LogP contribution in [-0.4, -0.2) is 59.3 Å². The molecule has 7 heteroatoms. The molecule has 2 aliphatic rings. The average molecular weight is 378 g/mol. The number of aromatic nitrogens is 1. The van der Waals surface area contributed by atoms with Crippen molar-refractivity contribution in [1.29, 1.82) is 0 Å². The number of aliphatic hydroxyl groups is 1. The van der Waals surface area contributed by atoms with Crippen molar-refractivity contribution in [2.45, 2.75) is 31.5 Å². The first-order chi connectivity index (χ1) is 12.5. The van der Waals surface area contributed by atoms with Crippen LogP contribution in [0.4, 0.5) is 0 Å². The lowest BCUT2D eigenvalue weighted by molar-refractivity contribution is -0.208. The third kappa shape index (κ3) is 2.91. The van der Waals surface area contributed by atoms with Crippen molar-refractivity contribution in [2.75, 3.05) is 26.2 Å². The molecule has 2 aromatic rings. The summed E-state index contributed by atoms with van der Waals surface area (Å²) in [4.78, 5) is 17.9. The average Bonchev–Trinajstić information content (AvgIpc) is 3.07. The van der Waals surface area contributed by atoms with Gasteiger partial charge in [-0.3, -0.25) is 4.79 Å². The molecule has 4 rings (SSSR count). The van der Waals surface area contributed by atoms with Gasteiger partial charge in [0.2, 0.25) is 0 Å². The summed E-state index contributed by atoms with van der Waals surface area (Å²) < 4.78 is 5.82. The van der Waals surface area contributed by atoms with E-state index in [1.165, 1.54) is 0 Å². The minimum atomic E-state index is -0.349. The number of benzene rings is 1. The predicted molar refractivity (Wildman–Crippen MR) is 100 cm³/mol. The number of carbonyl (C=O) groups excluding carboxylic acids is 1. The van der Waals surface area contributed by atoms with Gasteiger partial charge in [0.1, 0.15) is 5.69 Å². The topological polar surface area (TPSA) is 91.6 Å². The maximum absolute atomic E-state index is 12.9. The van der Waals surface area contributed by atoms with E-state index in [0.717, 1.165) is 23.7 Å². The van der Waals surface area contributed by atoms with E-state index in [-0.39, 0.29) is 23.5 Å². The first-order valence-corrected chi connectivity index (χ1v) is 9.48. The van der Waals surface area contributed by atoms with E-state index in [1.54, 1.807) is 6.07 Å². The number of aromatic amines is 1. The zero-order chi connectivity index (χ0) is 18.3. The van der Waals surface area contributed by atoms with Crippen molar-refractivity contribution < 1.29 is 14.6 Å². The number of carbonyl (C=O) groups is 1. The van der Waals surface area contributed by atoms with E-state index in [1.807, 2.05) is 23.1 Å². The number of aliphatic hydroxyl groups excluding tert-OH is 1. The number of nitrogens with two attached hydrogens (primary N) is 1. The van der Waals surface area contributed by atoms with Crippen LogP contribution in [0.1, 0.15) is 29.8 Å². The normalized spacial score (nSPS) is 24.8. The molecule has 140 valence electrons. The van der Waals surface area contributed by atoms with Crippen molar-refractivity contribution in [2.24, 2.45) is 11.1 Å². The second kappa shape index (κ2) is 6.85. The number of likely N-dealkylation sites (tertiary alicyclic amines) is 1. The number of amides is 1. The number of nitrogens with one attached hydrogen (secondary N) is 1. The van der Waals surface area contributed by atoms with Crippen LogP contribution in [-0.2, 0) is 4.74 Å². The molecule has 0 bridgehead atoms. The third-order valence-corrected chi connectivity index (χ3v) is 6.21. The van der Waals surface area contributed by atoms with Crippen molar-refractivity contribution in [3.8, 4) is 0 Å². The number of hydrogen-bond acceptors (Lipinski definition) is 4. The minimum Gasteiger partial charge on any atom is -0.392 e. The number of ether oxygens (including phenoxy) is 1. The number of nitrogens with zero attached hydrogens (tertiary/aromatic N) is 1. The van der Waals surface area contributed by atoms with Crippen LogP contribution < -0.4 is 5.73 Å². The monoisotopic (exact) mass is 377 g/mol. The summed E-state index contributed by atoms with van der Waals surface area (Å²) in [7, 11) is 0. The molecule has 1 amide bonds. The van der Waals surface area contributed by atoms with Crippen LogP contribution in [0.3, 0.4) is 0 Å². The van der Waals surface area contributed by atoms with E-state index in [2.05, 4.69) is 4.98 Å². The quantitative estimate of drug-likeness (QED) is 0.761. The minimum absolute atomic E-state index is 0.0135. The largest absolute Gasteiger partial charge is 0.392 e. The molecule has 2 atom stereocenters.